The molecule has 0 fully saturated rings. The van der Waals surface area contributed by atoms with E-state index in [2.05, 4.69) is 6.07 Å². The highest BCUT2D eigenvalue weighted by molar-refractivity contribution is 5.95. The van der Waals surface area contributed by atoms with Crippen LogP contribution in [0.5, 0.6) is 5.75 Å². The third kappa shape index (κ3) is 2.45. The first kappa shape index (κ1) is 12.4. The van der Waals surface area contributed by atoms with Crippen molar-refractivity contribution in [1.29, 1.82) is 0 Å². The van der Waals surface area contributed by atoms with Crippen molar-refractivity contribution in [2.45, 2.75) is 13.8 Å². The minimum absolute atomic E-state index is 0.312. The number of benzene rings is 2. The molecule has 0 aliphatic rings. The van der Waals surface area contributed by atoms with Crippen molar-refractivity contribution in [3.63, 3.8) is 0 Å². The molecule has 0 unspecified atom stereocenters. The van der Waals surface area contributed by atoms with Gasteiger partial charge in [-0.1, -0.05) is 38.1 Å². The SMILES string of the molecule is CC.CN(C)c1cc(O)cc2ccccc12. The second kappa shape index (κ2) is 5.40. The Hall–Kier alpha value is -1.70. The molecule has 0 aromatic heterocycles. The minimum Gasteiger partial charge on any atom is -0.508 e. The van der Waals surface area contributed by atoms with Gasteiger partial charge < -0.3 is 10.0 Å². The highest BCUT2D eigenvalue weighted by Gasteiger charge is 2.04. The molecule has 0 radical (unpaired) electrons. The maximum Gasteiger partial charge on any atom is 0.118 e. The number of hydrogen-bond donors (Lipinski definition) is 1. The molecule has 2 heteroatoms. The zero-order valence-corrected chi connectivity index (χ0v) is 10.4. The molecular weight excluding hydrogens is 198 g/mol. The second-order valence-corrected chi connectivity index (χ2v) is 3.58. The summed E-state index contributed by atoms with van der Waals surface area (Å²) in [6.07, 6.45) is 0. The summed E-state index contributed by atoms with van der Waals surface area (Å²) in [5.41, 5.74) is 1.04. The fourth-order valence-corrected chi connectivity index (χ4v) is 1.64. The number of fused-ring (bicyclic) bond motifs is 1. The molecule has 0 heterocycles. The van der Waals surface area contributed by atoms with Gasteiger partial charge in [-0.15, -0.1) is 0 Å². The van der Waals surface area contributed by atoms with Gasteiger partial charge in [-0.3, -0.25) is 0 Å². The molecule has 0 aliphatic carbocycles. The van der Waals surface area contributed by atoms with E-state index in [1.165, 1.54) is 0 Å². The van der Waals surface area contributed by atoms with E-state index in [-0.39, 0.29) is 0 Å². The zero-order chi connectivity index (χ0) is 12.1. The van der Waals surface area contributed by atoms with Crippen LogP contribution in [-0.2, 0) is 0 Å². The quantitative estimate of drug-likeness (QED) is 0.788. The molecule has 0 bridgehead atoms. The van der Waals surface area contributed by atoms with Crippen LogP contribution in [0.25, 0.3) is 10.8 Å². The Labute approximate surface area is 97.1 Å². The predicted molar refractivity (Wildman–Crippen MR) is 71.3 cm³/mol. The van der Waals surface area contributed by atoms with Crippen molar-refractivity contribution in [2.75, 3.05) is 19.0 Å². The van der Waals surface area contributed by atoms with Gasteiger partial charge in [0.1, 0.15) is 5.75 Å². The molecule has 0 amide bonds. The van der Waals surface area contributed by atoms with Gasteiger partial charge in [0.25, 0.3) is 0 Å². The van der Waals surface area contributed by atoms with Gasteiger partial charge in [0, 0.05) is 31.2 Å². The number of aromatic hydroxyl groups is 1. The number of rotatable bonds is 1. The van der Waals surface area contributed by atoms with Crippen LogP contribution in [-0.4, -0.2) is 19.2 Å². The van der Waals surface area contributed by atoms with Crippen LogP contribution in [0.3, 0.4) is 0 Å². The third-order valence-electron chi connectivity index (χ3n) is 2.31. The summed E-state index contributed by atoms with van der Waals surface area (Å²) in [6, 6.07) is 11.6. The molecule has 2 rings (SSSR count). The minimum atomic E-state index is 0.312. The highest BCUT2D eigenvalue weighted by atomic mass is 16.3. The van der Waals surface area contributed by atoms with Gasteiger partial charge in [-0.05, 0) is 11.5 Å². The van der Waals surface area contributed by atoms with Gasteiger partial charge in [-0.2, -0.15) is 0 Å². The van der Waals surface area contributed by atoms with Crippen LogP contribution in [0, 0.1) is 0 Å². The van der Waals surface area contributed by atoms with Crippen molar-refractivity contribution in [1.82, 2.24) is 0 Å². The maximum absolute atomic E-state index is 9.53. The summed E-state index contributed by atoms with van der Waals surface area (Å²) in [6.45, 7) is 4.00. The van der Waals surface area contributed by atoms with E-state index in [0.717, 1.165) is 16.5 Å². The van der Waals surface area contributed by atoms with Crippen LogP contribution in [0.1, 0.15) is 13.8 Å². The lowest BCUT2D eigenvalue weighted by molar-refractivity contribution is 0.476. The summed E-state index contributed by atoms with van der Waals surface area (Å²) < 4.78 is 0. The molecule has 2 aromatic rings. The molecule has 0 saturated carbocycles. The summed E-state index contributed by atoms with van der Waals surface area (Å²) in [5, 5.41) is 11.8. The van der Waals surface area contributed by atoms with Gasteiger partial charge in [0.15, 0.2) is 0 Å². The van der Waals surface area contributed by atoms with Crippen molar-refractivity contribution in [2.24, 2.45) is 0 Å². The molecule has 2 nitrogen and oxygen atoms in total. The maximum atomic E-state index is 9.53. The van der Waals surface area contributed by atoms with E-state index < -0.39 is 0 Å². The monoisotopic (exact) mass is 217 g/mol. The number of phenols is 1. The Kier molecular flexibility index (Phi) is 4.18. The lowest BCUT2D eigenvalue weighted by Gasteiger charge is -2.15. The van der Waals surface area contributed by atoms with Crippen molar-refractivity contribution in [3.05, 3.63) is 36.4 Å². The summed E-state index contributed by atoms with van der Waals surface area (Å²) in [7, 11) is 3.95. The lowest BCUT2D eigenvalue weighted by atomic mass is 10.1. The van der Waals surface area contributed by atoms with Crippen LogP contribution in [0.2, 0.25) is 0 Å². The van der Waals surface area contributed by atoms with Crippen molar-refractivity contribution >= 4 is 16.5 Å². The first-order valence-corrected chi connectivity index (χ1v) is 5.57. The first-order valence-electron chi connectivity index (χ1n) is 5.57. The molecule has 0 saturated heterocycles. The van der Waals surface area contributed by atoms with Crippen molar-refractivity contribution in [3.8, 4) is 5.75 Å². The molecule has 1 N–H and O–H groups in total. The van der Waals surface area contributed by atoms with Crippen LogP contribution in [0.4, 0.5) is 5.69 Å². The third-order valence-corrected chi connectivity index (χ3v) is 2.31. The molecule has 0 spiro atoms. The second-order valence-electron chi connectivity index (χ2n) is 3.58. The Morgan fingerprint density at radius 1 is 1.00 bits per heavy atom. The van der Waals surface area contributed by atoms with Crippen LogP contribution < -0.4 is 4.90 Å². The van der Waals surface area contributed by atoms with E-state index in [9.17, 15) is 5.11 Å². The summed E-state index contributed by atoms with van der Waals surface area (Å²) in [5.74, 6) is 0.312. The number of anilines is 1. The fraction of sp³-hybridized carbons (Fsp3) is 0.286. The van der Waals surface area contributed by atoms with E-state index in [0.29, 0.717) is 5.75 Å². The molecule has 16 heavy (non-hydrogen) atoms. The predicted octanol–water partition coefficient (Wildman–Crippen LogP) is 3.64. The van der Waals surface area contributed by atoms with Crippen LogP contribution in [0.15, 0.2) is 36.4 Å². The van der Waals surface area contributed by atoms with Crippen molar-refractivity contribution < 1.29 is 5.11 Å². The largest absolute Gasteiger partial charge is 0.508 e. The van der Waals surface area contributed by atoms with E-state index >= 15 is 0 Å². The van der Waals surface area contributed by atoms with Gasteiger partial charge in [0.2, 0.25) is 0 Å². The average molecular weight is 217 g/mol. The Morgan fingerprint density at radius 3 is 2.25 bits per heavy atom. The first-order chi connectivity index (χ1) is 7.68. The Morgan fingerprint density at radius 2 is 1.62 bits per heavy atom. The van der Waals surface area contributed by atoms with E-state index in [1.807, 2.05) is 51.0 Å². The molecule has 0 atom stereocenters. The lowest BCUT2D eigenvalue weighted by Crippen LogP contribution is -2.08. The molecular formula is C14H19NO. The van der Waals surface area contributed by atoms with Gasteiger partial charge in [0.05, 0.1) is 0 Å². The summed E-state index contributed by atoms with van der Waals surface area (Å²) >= 11 is 0. The smallest absolute Gasteiger partial charge is 0.118 e. The van der Waals surface area contributed by atoms with Gasteiger partial charge in [-0.25, -0.2) is 0 Å². The van der Waals surface area contributed by atoms with Crippen LogP contribution >= 0.6 is 0 Å². The highest BCUT2D eigenvalue weighted by Crippen LogP contribution is 2.29. The number of nitrogens with zero attached hydrogens (tertiary/aromatic N) is 1. The van der Waals surface area contributed by atoms with E-state index in [1.54, 1.807) is 12.1 Å². The Balaban J connectivity index is 0.000000606. The average Bonchev–Trinajstić information content (AvgIpc) is 2.30. The van der Waals surface area contributed by atoms with Gasteiger partial charge >= 0.3 is 0 Å². The normalized spacial score (nSPS) is 9.50. The number of phenolic OH excluding ortho intramolecular Hbond substituents is 1. The fourth-order valence-electron chi connectivity index (χ4n) is 1.64. The van der Waals surface area contributed by atoms with E-state index in [4.69, 9.17) is 0 Å². The Bertz CT molecular complexity index is 463. The molecule has 2 aromatic carbocycles. The standard InChI is InChI=1S/C12H13NO.C2H6/c1-13(2)12-8-10(14)7-9-5-3-4-6-11(9)12;1-2/h3-8,14H,1-2H3;1-2H3. The topological polar surface area (TPSA) is 23.5 Å². The molecule has 0 aliphatic heterocycles. The molecule has 86 valence electrons. The summed E-state index contributed by atoms with van der Waals surface area (Å²) in [4.78, 5) is 2.00. The number of hydrogen-bond acceptors (Lipinski definition) is 2. The zero-order valence-electron chi connectivity index (χ0n) is 10.4.